The van der Waals surface area contributed by atoms with Crippen LogP contribution in [0.1, 0.15) is 86.2 Å². The molecule has 0 bridgehead atoms. The van der Waals surface area contributed by atoms with E-state index < -0.39 is 35.2 Å². The first-order valence-electron chi connectivity index (χ1n) is 21.6. The third-order valence-corrected chi connectivity index (χ3v) is 13.1. The van der Waals surface area contributed by atoms with Crippen LogP contribution in [-0.2, 0) is 28.6 Å². The lowest BCUT2D eigenvalue weighted by Crippen LogP contribution is -2.62. The smallest absolute Gasteiger partial charge is 0.264 e. The van der Waals surface area contributed by atoms with Crippen molar-refractivity contribution in [3.05, 3.63) is 116 Å². The molecule has 2 aromatic heterocycles. The van der Waals surface area contributed by atoms with Crippen LogP contribution in [0.4, 0.5) is 11.4 Å². The number of rotatable bonds is 19. The number of ether oxygens (including phenoxy) is 4. The Bertz CT molecular complexity index is 2700. The summed E-state index contributed by atoms with van der Waals surface area (Å²) in [5.74, 6) is -0.525. The fourth-order valence-electron chi connectivity index (χ4n) is 8.06. The highest BCUT2D eigenvalue weighted by molar-refractivity contribution is 7.15. The Morgan fingerprint density at radius 2 is 1.56 bits per heavy atom. The topological polar surface area (TPSA) is 205 Å². The monoisotopic (exact) mass is 936 g/mol. The maximum absolute atomic E-state index is 13.5. The Hall–Kier alpha value is -6.31. The van der Waals surface area contributed by atoms with Gasteiger partial charge in [-0.2, -0.15) is 0 Å². The van der Waals surface area contributed by atoms with Gasteiger partial charge in [0.25, 0.3) is 17.7 Å². The van der Waals surface area contributed by atoms with Crippen LogP contribution in [0.2, 0.25) is 5.02 Å². The van der Waals surface area contributed by atoms with Crippen LogP contribution in [0.3, 0.4) is 0 Å². The lowest BCUT2D eigenvalue weighted by atomic mass is 9.89. The number of halogens is 1. The van der Waals surface area contributed by atoms with Gasteiger partial charge >= 0.3 is 0 Å². The van der Waals surface area contributed by atoms with Crippen molar-refractivity contribution in [2.75, 3.05) is 63.4 Å². The molecule has 1 saturated heterocycles. The molecule has 3 N–H and O–H groups in total. The number of hydrogen-bond donors (Lipinski definition) is 3. The van der Waals surface area contributed by atoms with Gasteiger partial charge in [0.05, 0.1) is 62.9 Å². The second-order valence-electron chi connectivity index (χ2n) is 16.1. The summed E-state index contributed by atoms with van der Waals surface area (Å²) in [6, 6.07) is 19.0. The van der Waals surface area contributed by atoms with E-state index in [1.165, 1.54) is 11.8 Å². The van der Waals surface area contributed by atoms with Crippen molar-refractivity contribution in [3.8, 4) is 10.8 Å². The van der Waals surface area contributed by atoms with E-state index in [-0.39, 0.29) is 36.3 Å². The summed E-state index contributed by atoms with van der Waals surface area (Å²) in [7, 11) is 0. The van der Waals surface area contributed by atoms with Crippen molar-refractivity contribution in [3.63, 3.8) is 0 Å². The first kappa shape index (κ1) is 46.2. The van der Waals surface area contributed by atoms with Crippen molar-refractivity contribution >= 4 is 69.6 Å². The van der Waals surface area contributed by atoms with E-state index in [0.717, 1.165) is 38.1 Å². The van der Waals surface area contributed by atoms with Gasteiger partial charge in [-0.25, -0.2) is 0 Å². The highest BCUT2D eigenvalue weighted by Gasteiger charge is 2.53. The molecule has 5 aromatic rings. The Balaban J connectivity index is 0.719. The average molecular weight is 937 g/mol. The predicted molar refractivity (Wildman–Crippen MR) is 247 cm³/mol. The molecule has 3 aliphatic rings. The molecule has 17 nitrogen and oxygen atoms in total. The number of piperidine rings is 1. The molecule has 8 rings (SSSR count). The zero-order valence-electron chi connectivity index (χ0n) is 36.9. The number of aromatic nitrogens is 3. The molecule has 0 saturated carbocycles. The average Bonchev–Trinajstić information content (AvgIpc) is 3.88. The number of fused-ring (bicyclic) bond motifs is 4. The summed E-state index contributed by atoms with van der Waals surface area (Å²) in [5.41, 5.74) is 3.80. The Morgan fingerprint density at radius 3 is 2.27 bits per heavy atom. The molecule has 3 aromatic carbocycles. The van der Waals surface area contributed by atoms with Gasteiger partial charge < -0.3 is 29.6 Å². The van der Waals surface area contributed by atoms with E-state index in [2.05, 4.69) is 40.0 Å². The number of nitrogens with zero attached hydrogens (tertiary/aromatic N) is 5. The summed E-state index contributed by atoms with van der Waals surface area (Å²) >= 11 is 7.90. The van der Waals surface area contributed by atoms with Gasteiger partial charge in [-0.3, -0.25) is 43.7 Å². The summed E-state index contributed by atoms with van der Waals surface area (Å²) in [6.45, 7) is 10.3. The number of benzene rings is 3. The van der Waals surface area contributed by atoms with Crippen molar-refractivity contribution in [2.24, 2.45) is 4.99 Å². The van der Waals surface area contributed by atoms with Gasteiger partial charge in [0.2, 0.25) is 11.8 Å². The Kier molecular flexibility index (Phi) is 14.0. The van der Waals surface area contributed by atoms with Gasteiger partial charge in [-0.15, -0.1) is 21.5 Å². The first-order valence-corrected chi connectivity index (χ1v) is 22.8. The standard InChI is InChI=1S/C47H49ClN8O9S/c1-27-28(2)66-45-39(27)41(30-8-10-31(48)11-9-30)51-36(42-54-53-29(3)55(42)45)26-38(58)50-32-12-14-33(15-13-32)65-25-24-64-23-22-63-21-20-62-19-18-49-35-7-5-6-34-40(35)44(60)56(43(34)59)47(4)17-16-37(57)52-46(47)61/h5-15,36,49H,16-26H2,1-4H3,(H,50,58)(H,52,57,61)/t36-,47+/m0/s1. The summed E-state index contributed by atoms with van der Waals surface area (Å²) < 4.78 is 24.8. The molecule has 19 heteroatoms. The summed E-state index contributed by atoms with van der Waals surface area (Å²) in [6.07, 6.45) is 0.139. The second-order valence-corrected chi connectivity index (χ2v) is 17.8. The van der Waals surface area contributed by atoms with Crippen LogP contribution in [0.5, 0.6) is 5.75 Å². The maximum atomic E-state index is 13.5. The molecule has 0 spiro atoms. The predicted octanol–water partition coefficient (Wildman–Crippen LogP) is 6.16. The van der Waals surface area contributed by atoms with Crippen molar-refractivity contribution in [1.29, 1.82) is 0 Å². The van der Waals surface area contributed by atoms with Crippen LogP contribution in [0.25, 0.3) is 5.00 Å². The molecule has 5 amide bonds. The molecule has 5 heterocycles. The SMILES string of the molecule is Cc1sc2c(c1C)C(c1ccc(Cl)cc1)=N[C@@H](CC(=O)Nc1ccc(OCCOCCOCCOCCNc3cccc4c3C(=O)N([C@]3(C)CCC(=O)NC3=O)C4=O)cc1)c1nnc(C)n1-2. The third-order valence-electron chi connectivity index (χ3n) is 11.7. The van der Waals surface area contributed by atoms with Gasteiger partial charge in [0.1, 0.15) is 34.8 Å². The van der Waals surface area contributed by atoms with Crippen molar-refractivity contribution < 1.29 is 42.9 Å². The number of carbonyl (C=O) groups excluding carboxylic acids is 5. The third kappa shape index (κ3) is 9.64. The zero-order chi connectivity index (χ0) is 46.5. The van der Waals surface area contributed by atoms with Crippen LogP contribution in [-0.4, -0.2) is 113 Å². The Morgan fingerprint density at radius 1 is 0.864 bits per heavy atom. The molecule has 0 aliphatic carbocycles. The lowest BCUT2D eigenvalue weighted by Gasteiger charge is -2.38. The highest BCUT2D eigenvalue weighted by atomic mass is 35.5. The normalized spacial score (nSPS) is 17.7. The summed E-state index contributed by atoms with van der Waals surface area (Å²) in [5, 5.41) is 18.9. The second kappa shape index (κ2) is 20.1. The van der Waals surface area contributed by atoms with Gasteiger partial charge in [-0.1, -0.05) is 29.8 Å². The van der Waals surface area contributed by atoms with Crippen LogP contribution >= 0.6 is 22.9 Å². The fourth-order valence-corrected chi connectivity index (χ4v) is 9.40. The van der Waals surface area contributed by atoms with Crippen LogP contribution in [0.15, 0.2) is 71.7 Å². The van der Waals surface area contributed by atoms with E-state index >= 15 is 0 Å². The first-order chi connectivity index (χ1) is 31.8. The quantitative estimate of drug-likeness (QED) is 0.0630. The van der Waals surface area contributed by atoms with Gasteiger partial charge in [0.15, 0.2) is 5.82 Å². The molecule has 2 atom stereocenters. The van der Waals surface area contributed by atoms with E-state index in [1.54, 1.807) is 53.8 Å². The molecule has 66 heavy (non-hydrogen) atoms. The number of imide groups is 2. The van der Waals surface area contributed by atoms with E-state index in [1.807, 2.05) is 35.8 Å². The lowest BCUT2D eigenvalue weighted by molar-refractivity contribution is -0.141. The number of hydrogen-bond acceptors (Lipinski definition) is 14. The molecular weight excluding hydrogens is 888 g/mol. The zero-order valence-corrected chi connectivity index (χ0v) is 38.5. The number of aliphatic imine (C=N–C) groups is 1. The van der Waals surface area contributed by atoms with E-state index in [9.17, 15) is 24.0 Å². The number of thiophene rings is 1. The van der Waals surface area contributed by atoms with E-state index in [0.29, 0.717) is 80.8 Å². The number of amides is 5. The number of nitrogens with one attached hydrogen (secondary N) is 3. The maximum Gasteiger partial charge on any atom is 0.264 e. The highest BCUT2D eigenvalue weighted by Crippen LogP contribution is 2.40. The largest absolute Gasteiger partial charge is 0.491 e. The minimum atomic E-state index is -1.46. The summed E-state index contributed by atoms with van der Waals surface area (Å²) in [4.78, 5) is 71.9. The number of aryl methyl sites for hydroxylation is 2. The van der Waals surface area contributed by atoms with Crippen LogP contribution < -0.4 is 20.7 Å². The molecule has 0 unspecified atom stereocenters. The van der Waals surface area contributed by atoms with Gasteiger partial charge in [-0.05, 0) is 88.2 Å². The molecule has 0 radical (unpaired) electrons. The molecule has 1 fully saturated rings. The molecule has 3 aliphatic heterocycles. The fraction of sp³-hybridized carbons (Fsp3) is 0.362. The Labute approximate surface area is 389 Å². The van der Waals surface area contributed by atoms with E-state index in [4.69, 9.17) is 35.5 Å². The van der Waals surface area contributed by atoms with Crippen LogP contribution in [0, 0.1) is 20.8 Å². The number of carbonyl (C=O) groups is 5. The molecule has 344 valence electrons. The van der Waals surface area contributed by atoms with Gasteiger partial charge in [0, 0.05) is 45.4 Å². The van der Waals surface area contributed by atoms with Crippen molar-refractivity contribution in [1.82, 2.24) is 25.0 Å². The molecular formula is C47H49ClN8O9S. The minimum absolute atomic E-state index is 0.0327. The van der Waals surface area contributed by atoms with Crippen molar-refractivity contribution in [2.45, 2.75) is 58.5 Å². The number of anilines is 2. The minimum Gasteiger partial charge on any atom is -0.491 e.